The molecular formula is C31H42N8O4. The van der Waals surface area contributed by atoms with Gasteiger partial charge in [-0.1, -0.05) is 6.92 Å². The summed E-state index contributed by atoms with van der Waals surface area (Å²) < 4.78 is 9.53. The largest absolute Gasteiger partial charge is 0.492 e. The molecule has 0 saturated carbocycles. The Morgan fingerprint density at radius 1 is 1.14 bits per heavy atom. The molecule has 0 unspecified atom stereocenters. The zero-order chi connectivity index (χ0) is 30.5. The van der Waals surface area contributed by atoms with Gasteiger partial charge >= 0.3 is 0 Å². The van der Waals surface area contributed by atoms with Crippen LogP contribution in [0, 0.1) is 12.8 Å². The summed E-state index contributed by atoms with van der Waals surface area (Å²) >= 11 is 0. The van der Waals surface area contributed by atoms with Crippen molar-refractivity contribution in [2.24, 2.45) is 13.0 Å². The molecule has 3 N–H and O–H groups in total. The number of H-pyrrole nitrogens is 1. The first-order chi connectivity index (χ1) is 20.7. The minimum atomic E-state index is -0.345. The number of aromatic nitrogens is 5. The van der Waals surface area contributed by atoms with Gasteiger partial charge in [-0.05, 0) is 57.0 Å². The van der Waals surface area contributed by atoms with Gasteiger partial charge in [-0.15, -0.1) is 0 Å². The van der Waals surface area contributed by atoms with E-state index in [0.29, 0.717) is 48.0 Å². The number of carbonyl (C=O) groups excluding carboxylic acids is 1. The predicted octanol–water partition coefficient (Wildman–Crippen LogP) is 2.72. The fourth-order valence-electron chi connectivity index (χ4n) is 5.44. The first-order valence-corrected chi connectivity index (χ1v) is 14.9. The van der Waals surface area contributed by atoms with Crippen LogP contribution in [-0.2, 0) is 13.6 Å². The van der Waals surface area contributed by atoms with Crippen molar-refractivity contribution < 1.29 is 14.6 Å². The molecular weight excluding hydrogens is 548 g/mol. The predicted molar refractivity (Wildman–Crippen MR) is 167 cm³/mol. The summed E-state index contributed by atoms with van der Waals surface area (Å²) in [6, 6.07) is 9.13. The Hall–Kier alpha value is -4.00. The number of nitrogens with one attached hydrogen (secondary N) is 2. The number of aryl methyl sites for hydroxylation is 2. The highest BCUT2D eigenvalue weighted by Gasteiger charge is 2.20. The number of amides is 1. The number of aliphatic hydroxyl groups excluding tert-OH is 1. The number of anilines is 1. The van der Waals surface area contributed by atoms with Crippen molar-refractivity contribution in [2.45, 2.75) is 33.2 Å². The number of ether oxygens (including phenoxy) is 1. The van der Waals surface area contributed by atoms with Crippen molar-refractivity contribution >= 4 is 22.9 Å². The standard InChI is InChI=1S/C31H42N8O4/c1-21(6-5-14-40)20-39-28-18-24(43-15-13-38-11-9-36(3)10-12-38)7-8-26(28)34-31(39)35-29(41)23-16-22(2)33-27(17-23)25-19-32-37(4)30(25)42/h7-8,16-19,21,32,40H,5-6,9-15,20H2,1-4H3,(H,34,35,41)/t21-/m1/s1. The molecule has 0 radical (unpaired) electrons. The fourth-order valence-corrected chi connectivity index (χ4v) is 5.44. The third-order valence-electron chi connectivity index (χ3n) is 8.00. The molecule has 4 heterocycles. The Morgan fingerprint density at radius 2 is 1.93 bits per heavy atom. The maximum absolute atomic E-state index is 13.6. The molecule has 1 aromatic carbocycles. The number of fused-ring (bicyclic) bond motifs is 1. The summed E-state index contributed by atoms with van der Waals surface area (Å²) in [5.74, 6) is 1.08. The average Bonchev–Trinajstić information content (AvgIpc) is 3.50. The number of aromatic amines is 1. The van der Waals surface area contributed by atoms with E-state index in [0.717, 1.165) is 55.9 Å². The number of piperazine rings is 1. The van der Waals surface area contributed by atoms with Crippen molar-refractivity contribution in [2.75, 3.05) is 58.3 Å². The zero-order valence-electron chi connectivity index (χ0n) is 25.5. The van der Waals surface area contributed by atoms with Crippen LogP contribution in [0.2, 0.25) is 0 Å². The van der Waals surface area contributed by atoms with Crippen molar-refractivity contribution in [1.82, 2.24) is 34.1 Å². The Balaban J connectivity index is 1.38. The minimum absolute atomic E-state index is 0.137. The van der Waals surface area contributed by atoms with Crippen molar-refractivity contribution in [1.29, 1.82) is 0 Å². The first-order valence-electron chi connectivity index (χ1n) is 14.9. The summed E-state index contributed by atoms with van der Waals surface area (Å²) in [6.45, 7) is 10.3. The van der Waals surface area contributed by atoms with Gasteiger partial charge in [0.05, 0.1) is 22.3 Å². The van der Waals surface area contributed by atoms with Gasteiger partial charge in [0, 0.05) is 76.4 Å². The number of carbonyl (C=O) groups is 1. The number of nitrogens with zero attached hydrogens (tertiary/aromatic N) is 6. The van der Waals surface area contributed by atoms with Crippen LogP contribution in [-0.4, -0.2) is 98.1 Å². The molecule has 12 nitrogen and oxygen atoms in total. The molecule has 1 amide bonds. The maximum Gasteiger partial charge on any atom is 0.275 e. The van der Waals surface area contributed by atoms with Crippen LogP contribution < -0.4 is 15.6 Å². The average molecular weight is 591 g/mol. The van der Waals surface area contributed by atoms with E-state index in [2.05, 4.69) is 39.2 Å². The van der Waals surface area contributed by atoms with Gasteiger partial charge in [0.1, 0.15) is 12.4 Å². The Bertz CT molecular complexity index is 1620. The van der Waals surface area contributed by atoms with Crippen molar-refractivity contribution in [3.05, 3.63) is 58.1 Å². The van der Waals surface area contributed by atoms with Gasteiger partial charge < -0.3 is 24.4 Å². The highest BCUT2D eigenvalue weighted by Crippen LogP contribution is 2.27. The lowest BCUT2D eigenvalue weighted by atomic mass is 10.1. The van der Waals surface area contributed by atoms with Crippen LogP contribution in [0.3, 0.4) is 0 Å². The second kappa shape index (κ2) is 13.5. The van der Waals surface area contributed by atoms with Gasteiger partial charge in [-0.2, -0.15) is 0 Å². The molecule has 43 heavy (non-hydrogen) atoms. The second-order valence-corrected chi connectivity index (χ2v) is 11.5. The summed E-state index contributed by atoms with van der Waals surface area (Å²) in [5.41, 5.74) is 3.22. The van der Waals surface area contributed by atoms with Gasteiger partial charge in [-0.25, -0.2) is 4.98 Å². The SMILES string of the molecule is Cc1cc(C(=O)Nc2nc3ccc(OCCN4CCN(C)CC4)cc3n2C[C@H](C)CCCO)cc(-c2c[nH]n(C)c2=O)n1. The molecule has 3 aromatic heterocycles. The van der Waals surface area contributed by atoms with Crippen molar-refractivity contribution in [3.8, 4) is 17.0 Å². The van der Waals surface area contributed by atoms with E-state index in [4.69, 9.17) is 9.72 Å². The molecule has 12 heteroatoms. The second-order valence-electron chi connectivity index (χ2n) is 11.5. The molecule has 1 saturated heterocycles. The third kappa shape index (κ3) is 7.32. The molecule has 0 bridgehead atoms. The number of hydrogen-bond acceptors (Lipinski definition) is 8. The van der Waals surface area contributed by atoms with E-state index in [1.54, 1.807) is 32.3 Å². The van der Waals surface area contributed by atoms with Gasteiger partial charge in [0.15, 0.2) is 0 Å². The maximum atomic E-state index is 13.6. The molecule has 0 spiro atoms. The van der Waals surface area contributed by atoms with Crippen LogP contribution in [0.25, 0.3) is 22.3 Å². The van der Waals surface area contributed by atoms with Crippen LogP contribution in [0.5, 0.6) is 5.75 Å². The van der Waals surface area contributed by atoms with E-state index in [1.807, 2.05) is 22.8 Å². The molecule has 4 aromatic rings. The minimum Gasteiger partial charge on any atom is -0.492 e. The summed E-state index contributed by atoms with van der Waals surface area (Å²) in [4.78, 5) is 40.1. The Morgan fingerprint density at radius 3 is 2.65 bits per heavy atom. The lowest BCUT2D eigenvalue weighted by molar-refractivity contribution is 0.102. The highest BCUT2D eigenvalue weighted by atomic mass is 16.5. The summed E-state index contributed by atoms with van der Waals surface area (Å²) in [6.07, 6.45) is 3.13. The number of aliphatic hydroxyl groups is 1. The zero-order valence-corrected chi connectivity index (χ0v) is 25.5. The Kier molecular flexibility index (Phi) is 9.59. The first kappa shape index (κ1) is 30.5. The number of rotatable bonds is 12. The topological polar surface area (TPSA) is 134 Å². The molecule has 1 aliphatic rings. The van der Waals surface area contributed by atoms with E-state index >= 15 is 0 Å². The lowest BCUT2D eigenvalue weighted by Gasteiger charge is -2.32. The molecule has 230 valence electrons. The molecule has 1 aliphatic heterocycles. The van der Waals surface area contributed by atoms with Gasteiger partial charge in [0.25, 0.3) is 11.5 Å². The van der Waals surface area contributed by atoms with E-state index in [9.17, 15) is 14.7 Å². The third-order valence-corrected chi connectivity index (χ3v) is 8.00. The quantitative estimate of drug-likeness (QED) is 0.229. The van der Waals surface area contributed by atoms with Crippen LogP contribution in [0.1, 0.15) is 35.8 Å². The van der Waals surface area contributed by atoms with E-state index < -0.39 is 0 Å². The van der Waals surface area contributed by atoms with Gasteiger partial charge in [-0.3, -0.25) is 29.5 Å². The number of imidazole rings is 1. The molecule has 1 fully saturated rings. The van der Waals surface area contributed by atoms with E-state index in [-0.39, 0.29) is 24.0 Å². The fraction of sp³-hybridized carbons (Fsp3) is 0.484. The van der Waals surface area contributed by atoms with Crippen LogP contribution >= 0.6 is 0 Å². The monoisotopic (exact) mass is 590 g/mol. The summed E-state index contributed by atoms with van der Waals surface area (Å²) in [7, 11) is 3.78. The molecule has 0 aliphatic carbocycles. The van der Waals surface area contributed by atoms with Crippen molar-refractivity contribution in [3.63, 3.8) is 0 Å². The smallest absolute Gasteiger partial charge is 0.275 e. The van der Waals surface area contributed by atoms with Gasteiger partial charge in [0.2, 0.25) is 5.95 Å². The Labute approximate surface area is 251 Å². The number of benzene rings is 1. The summed E-state index contributed by atoms with van der Waals surface area (Å²) in [5, 5.41) is 15.2. The molecule has 5 rings (SSSR count). The normalized spacial score (nSPS) is 15.2. The van der Waals surface area contributed by atoms with Crippen LogP contribution in [0.4, 0.5) is 5.95 Å². The highest BCUT2D eigenvalue weighted by molar-refractivity contribution is 6.04. The van der Waals surface area contributed by atoms with Crippen LogP contribution in [0.15, 0.2) is 41.3 Å². The number of hydrogen-bond donors (Lipinski definition) is 3. The number of pyridine rings is 1. The molecule has 1 atom stereocenters. The van der Waals surface area contributed by atoms with E-state index in [1.165, 1.54) is 4.68 Å². The lowest BCUT2D eigenvalue weighted by Crippen LogP contribution is -2.45. The number of likely N-dealkylation sites (N-methyl/N-ethyl adjacent to an activating group) is 1.